The van der Waals surface area contributed by atoms with Gasteiger partial charge in [-0.05, 0) is 24.6 Å². The summed E-state index contributed by atoms with van der Waals surface area (Å²) in [5.74, 6) is 1.11. The van der Waals surface area contributed by atoms with Gasteiger partial charge in [0.25, 0.3) is 0 Å². The van der Waals surface area contributed by atoms with E-state index in [9.17, 15) is 18.0 Å². The zero-order chi connectivity index (χ0) is 14.8. The van der Waals surface area contributed by atoms with Crippen molar-refractivity contribution >= 4 is 6.09 Å². The number of fused-ring (bicyclic) bond motifs is 1. The zero-order valence-electron chi connectivity index (χ0n) is 10.5. The molecule has 0 aromatic heterocycles. The molecule has 8 heteroatoms. The molecule has 0 aliphatic carbocycles. The molecule has 1 unspecified atom stereocenters. The van der Waals surface area contributed by atoms with Gasteiger partial charge in [-0.3, -0.25) is 0 Å². The zero-order valence-corrected chi connectivity index (χ0v) is 10.5. The second-order valence-electron chi connectivity index (χ2n) is 4.17. The van der Waals surface area contributed by atoms with Crippen LogP contribution < -0.4 is 14.8 Å². The lowest BCUT2D eigenvalue weighted by molar-refractivity contribution is -0.160. The van der Waals surface area contributed by atoms with Crippen LogP contribution in [-0.2, 0) is 4.74 Å². The van der Waals surface area contributed by atoms with E-state index in [-0.39, 0.29) is 6.79 Å². The molecular formula is C12H12F3NO4. The van der Waals surface area contributed by atoms with Crippen molar-refractivity contribution in [1.29, 1.82) is 0 Å². The standard InChI is InChI=1S/C12H12F3NO4/c1-7(16-11(17)18-5-12(13,14)15)8-2-3-9-10(4-8)20-6-19-9/h2-4,7H,5-6H2,1H3,(H,16,17). The van der Waals surface area contributed by atoms with Crippen molar-refractivity contribution in [3.8, 4) is 11.5 Å². The van der Waals surface area contributed by atoms with Crippen molar-refractivity contribution in [1.82, 2.24) is 5.32 Å². The van der Waals surface area contributed by atoms with Gasteiger partial charge in [0.2, 0.25) is 6.79 Å². The Labute approximate surface area is 112 Å². The van der Waals surface area contributed by atoms with Crippen LogP contribution in [0.25, 0.3) is 0 Å². The van der Waals surface area contributed by atoms with E-state index in [2.05, 4.69) is 10.1 Å². The Balaban J connectivity index is 1.91. The largest absolute Gasteiger partial charge is 0.454 e. The summed E-state index contributed by atoms with van der Waals surface area (Å²) in [5, 5.41) is 2.30. The van der Waals surface area contributed by atoms with Gasteiger partial charge in [-0.25, -0.2) is 4.79 Å². The quantitative estimate of drug-likeness (QED) is 0.930. The van der Waals surface area contributed by atoms with Crippen LogP contribution in [-0.4, -0.2) is 25.7 Å². The normalized spacial score (nSPS) is 14.8. The summed E-state index contributed by atoms with van der Waals surface area (Å²) < 4.78 is 50.0. The Morgan fingerprint density at radius 2 is 2.10 bits per heavy atom. The van der Waals surface area contributed by atoms with Crippen LogP contribution >= 0.6 is 0 Å². The van der Waals surface area contributed by atoms with Gasteiger partial charge >= 0.3 is 12.3 Å². The minimum Gasteiger partial charge on any atom is -0.454 e. The highest BCUT2D eigenvalue weighted by Gasteiger charge is 2.30. The summed E-state index contributed by atoms with van der Waals surface area (Å²) in [7, 11) is 0. The molecule has 0 saturated heterocycles. The molecule has 0 saturated carbocycles. The SMILES string of the molecule is CC(NC(=O)OCC(F)(F)F)c1ccc2c(c1)OCO2. The average molecular weight is 291 g/mol. The maximum absolute atomic E-state index is 11.9. The number of alkyl carbamates (subject to hydrolysis) is 1. The molecule has 2 rings (SSSR count). The fourth-order valence-electron chi connectivity index (χ4n) is 1.63. The minimum absolute atomic E-state index is 0.119. The van der Waals surface area contributed by atoms with E-state index in [1.165, 1.54) is 0 Å². The van der Waals surface area contributed by atoms with Crippen LogP contribution in [0.3, 0.4) is 0 Å². The second kappa shape index (κ2) is 5.48. The highest BCUT2D eigenvalue weighted by atomic mass is 19.4. The summed E-state index contributed by atoms with van der Waals surface area (Å²) in [6, 6.07) is 4.47. The van der Waals surface area contributed by atoms with Gasteiger partial charge < -0.3 is 19.5 Å². The van der Waals surface area contributed by atoms with E-state index >= 15 is 0 Å². The number of carbonyl (C=O) groups excluding carboxylic acids is 1. The van der Waals surface area contributed by atoms with Gasteiger partial charge in [-0.15, -0.1) is 0 Å². The Morgan fingerprint density at radius 3 is 2.80 bits per heavy atom. The lowest BCUT2D eigenvalue weighted by Crippen LogP contribution is -2.30. The number of ether oxygens (including phenoxy) is 3. The number of hydrogen-bond donors (Lipinski definition) is 1. The van der Waals surface area contributed by atoms with Gasteiger partial charge in [0, 0.05) is 0 Å². The fraction of sp³-hybridized carbons (Fsp3) is 0.417. The third-order valence-corrected chi connectivity index (χ3v) is 2.60. The molecule has 1 aromatic rings. The highest BCUT2D eigenvalue weighted by molar-refractivity contribution is 5.68. The van der Waals surface area contributed by atoms with Crippen molar-refractivity contribution in [3.05, 3.63) is 23.8 Å². The summed E-state index contributed by atoms with van der Waals surface area (Å²) in [4.78, 5) is 11.2. The summed E-state index contributed by atoms with van der Waals surface area (Å²) in [6.45, 7) is 0.118. The molecule has 1 aromatic carbocycles. The van der Waals surface area contributed by atoms with Crippen molar-refractivity contribution in [2.75, 3.05) is 13.4 Å². The van der Waals surface area contributed by atoms with Crippen LogP contribution in [0.5, 0.6) is 11.5 Å². The van der Waals surface area contributed by atoms with Crippen molar-refractivity contribution < 1.29 is 32.2 Å². The number of benzene rings is 1. The van der Waals surface area contributed by atoms with Crippen LogP contribution in [0.15, 0.2) is 18.2 Å². The Kier molecular flexibility index (Phi) is 3.91. The molecule has 0 radical (unpaired) electrons. The predicted molar refractivity (Wildman–Crippen MR) is 61.5 cm³/mol. The van der Waals surface area contributed by atoms with Gasteiger partial charge in [-0.2, -0.15) is 13.2 Å². The Morgan fingerprint density at radius 1 is 1.40 bits per heavy atom. The van der Waals surface area contributed by atoms with E-state index in [0.29, 0.717) is 17.1 Å². The molecule has 0 fully saturated rings. The molecular weight excluding hydrogens is 279 g/mol. The van der Waals surface area contributed by atoms with Crippen molar-refractivity contribution in [3.63, 3.8) is 0 Å². The molecule has 20 heavy (non-hydrogen) atoms. The van der Waals surface area contributed by atoms with Crippen LogP contribution in [0.1, 0.15) is 18.5 Å². The molecule has 0 spiro atoms. The first-order valence-corrected chi connectivity index (χ1v) is 5.75. The molecule has 0 bridgehead atoms. The summed E-state index contributed by atoms with van der Waals surface area (Å²) >= 11 is 0. The molecule has 1 atom stereocenters. The van der Waals surface area contributed by atoms with Crippen LogP contribution in [0.4, 0.5) is 18.0 Å². The predicted octanol–water partition coefficient (Wildman–Crippen LogP) is 2.76. The Hall–Kier alpha value is -2.12. The van der Waals surface area contributed by atoms with E-state index in [1.807, 2.05) is 0 Å². The van der Waals surface area contributed by atoms with E-state index in [0.717, 1.165) is 0 Å². The number of rotatable bonds is 3. The van der Waals surface area contributed by atoms with Gasteiger partial charge in [0.1, 0.15) is 0 Å². The molecule has 110 valence electrons. The summed E-state index contributed by atoms with van der Waals surface area (Å²) in [5.41, 5.74) is 0.665. The van der Waals surface area contributed by atoms with Crippen molar-refractivity contribution in [2.45, 2.75) is 19.1 Å². The number of carbonyl (C=O) groups is 1. The first kappa shape index (κ1) is 14.3. The molecule has 1 aliphatic heterocycles. The highest BCUT2D eigenvalue weighted by Crippen LogP contribution is 2.34. The molecule has 5 nitrogen and oxygen atoms in total. The first-order chi connectivity index (χ1) is 9.35. The smallest absolute Gasteiger partial charge is 0.422 e. The number of hydrogen-bond acceptors (Lipinski definition) is 4. The second-order valence-corrected chi connectivity index (χ2v) is 4.17. The third kappa shape index (κ3) is 3.69. The lowest BCUT2D eigenvalue weighted by Gasteiger charge is -2.15. The molecule has 1 amide bonds. The first-order valence-electron chi connectivity index (χ1n) is 5.75. The van der Waals surface area contributed by atoms with E-state index in [1.54, 1.807) is 25.1 Å². The number of nitrogens with one attached hydrogen (secondary N) is 1. The number of halogens is 3. The average Bonchev–Trinajstić information content (AvgIpc) is 2.82. The third-order valence-electron chi connectivity index (χ3n) is 2.60. The van der Waals surface area contributed by atoms with E-state index < -0.39 is 24.9 Å². The molecule has 1 aliphatic rings. The molecule has 1 N–H and O–H groups in total. The maximum atomic E-state index is 11.9. The molecule has 1 heterocycles. The topological polar surface area (TPSA) is 56.8 Å². The monoisotopic (exact) mass is 291 g/mol. The maximum Gasteiger partial charge on any atom is 0.422 e. The minimum atomic E-state index is -4.54. The van der Waals surface area contributed by atoms with Crippen LogP contribution in [0.2, 0.25) is 0 Å². The Bertz CT molecular complexity index is 504. The van der Waals surface area contributed by atoms with E-state index in [4.69, 9.17) is 9.47 Å². The van der Waals surface area contributed by atoms with Gasteiger partial charge in [0.05, 0.1) is 6.04 Å². The fourth-order valence-corrected chi connectivity index (χ4v) is 1.63. The lowest BCUT2D eigenvalue weighted by atomic mass is 10.1. The number of amides is 1. The summed E-state index contributed by atoms with van der Waals surface area (Å²) in [6.07, 6.45) is -5.67. The van der Waals surface area contributed by atoms with Crippen LogP contribution in [0, 0.1) is 0 Å². The van der Waals surface area contributed by atoms with Gasteiger partial charge in [-0.1, -0.05) is 6.07 Å². The van der Waals surface area contributed by atoms with Gasteiger partial charge in [0.15, 0.2) is 18.1 Å². The van der Waals surface area contributed by atoms with Crippen molar-refractivity contribution in [2.24, 2.45) is 0 Å². The number of alkyl halides is 3.